The van der Waals surface area contributed by atoms with Crippen molar-refractivity contribution in [1.29, 1.82) is 0 Å². The number of aryl methyl sites for hydroxylation is 1. The zero-order chi connectivity index (χ0) is 14.3. The summed E-state index contributed by atoms with van der Waals surface area (Å²) >= 11 is 5.64. The number of carbonyl (C=O) groups is 1. The van der Waals surface area contributed by atoms with Crippen LogP contribution in [0.2, 0.25) is 5.02 Å². The Bertz CT molecular complexity index is 523. The Hall–Kier alpha value is -0.590. The molecular weight excluding hydrogens is 334 g/mol. The van der Waals surface area contributed by atoms with E-state index >= 15 is 0 Å². The van der Waals surface area contributed by atoms with Crippen molar-refractivity contribution in [2.75, 3.05) is 7.05 Å². The number of nitrogens with two attached hydrogens (primary N) is 1. The van der Waals surface area contributed by atoms with Crippen LogP contribution in [0.5, 0.6) is 0 Å². The fourth-order valence-corrected chi connectivity index (χ4v) is 1.46. The quantitative estimate of drug-likeness (QED) is 0.369. The Labute approximate surface area is 164 Å². The van der Waals surface area contributed by atoms with Gasteiger partial charge in [-0.05, 0) is 31.2 Å². The van der Waals surface area contributed by atoms with Gasteiger partial charge in [0.2, 0.25) is 0 Å². The first-order valence-electron chi connectivity index (χ1n) is 5.80. The van der Waals surface area contributed by atoms with Crippen molar-refractivity contribution in [1.82, 2.24) is 5.01 Å². The number of hydrogen-bond acceptors (Lipinski definition) is 2. The van der Waals surface area contributed by atoms with Crippen LogP contribution in [0, 0.1) is 6.92 Å². The number of hydrogen-bond donors (Lipinski definition) is 1. The maximum absolute atomic E-state index is 11.2. The van der Waals surface area contributed by atoms with E-state index in [0.717, 1.165) is 5.01 Å². The van der Waals surface area contributed by atoms with E-state index < -0.39 is 0 Å². The summed E-state index contributed by atoms with van der Waals surface area (Å²) in [5.41, 5.74) is 1.85. The van der Waals surface area contributed by atoms with E-state index in [9.17, 15) is 4.79 Å². The monoisotopic (exact) mass is 354 g/mol. The molecule has 0 heterocycles. The summed E-state index contributed by atoms with van der Waals surface area (Å²) in [6.07, 6.45) is 0. The van der Waals surface area contributed by atoms with Gasteiger partial charge < -0.3 is 5.48 Å². The Kier molecular flexibility index (Phi) is 16.8. The third kappa shape index (κ3) is 10.2. The third-order valence-corrected chi connectivity index (χ3v) is 2.60. The van der Waals surface area contributed by atoms with Crippen molar-refractivity contribution < 1.29 is 10.3 Å². The average molecular weight is 355 g/mol. The predicted octanol–water partition coefficient (Wildman–Crippen LogP) is 2.23. The molecule has 0 fully saturated rings. The molecule has 2 rings (SSSR count). The molecule has 0 aliphatic rings. The number of nitrogens with zero attached hydrogens (tertiary/aromatic N) is 1. The molecule has 1 amide bonds. The van der Waals surface area contributed by atoms with Crippen LogP contribution < -0.4 is 5.84 Å². The summed E-state index contributed by atoms with van der Waals surface area (Å²) in [5.74, 6) is 5.03. The summed E-state index contributed by atoms with van der Waals surface area (Å²) in [5, 5.41) is 1.63. The molecule has 0 radical (unpaired) electrons. The van der Waals surface area contributed by atoms with Crippen LogP contribution in [0.1, 0.15) is 15.9 Å². The van der Waals surface area contributed by atoms with Gasteiger partial charge in [0.1, 0.15) is 0 Å². The Balaban J connectivity index is -0.000000317. The first-order chi connectivity index (χ1) is 9.00. The maximum atomic E-state index is 11.2. The molecule has 118 valence electrons. The topological polar surface area (TPSA) is 77.8 Å². The molecule has 0 aliphatic heterocycles. The molecule has 0 aliphatic carbocycles. The molecule has 2 aromatic carbocycles. The van der Waals surface area contributed by atoms with Crippen molar-refractivity contribution in [3.63, 3.8) is 0 Å². The average Bonchev–Trinajstić information content (AvgIpc) is 2.40. The van der Waals surface area contributed by atoms with Gasteiger partial charge in [0.15, 0.2) is 0 Å². The number of halogens is 2. The SMILES string of the molecule is CN(N)C(=O)c1ccc(Cl)cc1.Cc1ccccc1.Cl.O.[NaH]. The molecule has 0 saturated carbocycles. The first-order valence-corrected chi connectivity index (χ1v) is 6.18. The van der Waals surface area contributed by atoms with E-state index in [0.29, 0.717) is 10.6 Å². The Morgan fingerprint density at radius 2 is 1.50 bits per heavy atom. The van der Waals surface area contributed by atoms with E-state index in [1.54, 1.807) is 24.3 Å². The molecule has 0 unspecified atom stereocenters. The zero-order valence-corrected chi connectivity index (χ0v) is 13.5. The second-order valence-corrected chi connectivity index (χ2v) is 4.51. The third-order valence-electron chi connectivity index (χ3n) is 2.35. The Morgan fingerprint density at radius 3 is 1.82 bits per heavy atom. The van der Waals surface area contributed by atoms with Gasteiger partial charge in [-0.1, -0.05) is 47.5 Å². The van der Waals surface area contributed by atoms with Crippen molar-refractivity contribution in [3.05, 3.63) is 70.7 Å². The number of hydrazine groups is 1. The second kappa shape index (κ2) is 14.0. The molecule has 22 heavy (non-hydrogen) atoms. The first kappa shape index (κ1) is 26.3. The van der Waals surface area contributed by atoms with Crippen molar-refractivity contribution in [3.8, 4) is 0 Å². The van der Waals surface area contributed by atoms with E-state index in [1.165, 1.54) is 12.6 Å². The van der Waals surface area contributed by atoms with Crippen molar-refractivity contribution >= 4 is 59.5 Å². The van der Waals surface area contributed by atoms with Crippen molar-refractivity contribution in [2.45, 2.75) is 6.92 Å². The second-order valence-electron chi connectivity index (χ2n) is 4.08. The van der Waals surface area contributed by atoms with E-state index in [1.807, 2.05) is 18.2 Å². The molecule has 4 N–H and O–H groups in total. The van der Waals surface area contributed by atoms with Crippen LogP contribution in [-0.2, 0) is 0 Å². The van der Waals surface area contributed by atoms with Crippen molar-refractivity contribution in [2.24, 2.45) is 5.84 Å². The minimum atomic E-state index is -0.230. The van der Waals surface area contributed by atoms with Gasteiger partial charge in [-0.2, -0.15) is 0 Å². The zero-order valence-electron chi connectivity index (χ0n) is 11.9. The van der Waals surface area contributed by atoms with Crippen LogP contribution in [0.25, 0.3) is 0 Å². The van der Waals surface area contributed by atoms with E-state index in [2.05, 4.69) is 19.1 Å². The van der Waals surface area contributed by atoms with Crippen LogP contribution >= 0.6 is 24.0 Å². The Morgan fingerprint density at radius 1 is 1.05 bits per heavy atom. The fraction of sp³-hybridized carbons (Fsp3) is 0.133. The van der Waals surface area contributed by atoms with Crippen LogP contribution in [-0.4, -0.2) is 53.0 Å². The summed E-state index contributed by atoms with van der Waals surface area (Å²) in [7, 11) is 1.50. The van der Waals surface area contributed by atoms with Gasteiger partial charge in [0.05, 0.1) is 0 Å². The molecule has 0 saturated heterocycles. The summed E-state index contributed by atoms with van der Waals surface area (Å²) in [6, 6.07) is 16.8. The summed E-state index contributed by atoms with van der Waals surface area (Å²) in [4.78, 5) is 11.2. The standard InChI is InChI=1S/C8H9ClN2O.C7H8.ClH.Na.H2O.H/c1-11(10)8(12)6-2-4-7(9)5-3-6;1-7-5-3-2-4-6-7;;;;/h2-5H,10H2,1H3;2-6H,1H3;1H;;1H2;. The molecule has 0 aromatic heterocycles. The fourth-order valence-electron chi connectivity index (χ4n) is 1.33. The molecule has 4 nitrogen and oxygen atoms in total. The molecule has 2 aromatic rings. The normalized spacial score (nSPS) is 8.00. The van der Waals surface area contributed by atoms with E-state index in [4.69, 9.17) is 17.4 Å². The van der Waals surface area contributed by atoms with Gasteiger partial charge in [-0.25, -0.2) is 5.84 Å². The van der Waals surface area contributed by atoms with Crippen LogP contribution in [0.15, 0.2) is 54.6 Å². The molecule has 0 spiro atoms. The summed E-state index contributed by atoms with van der Waals surface area (Å²) < 4.78 is 0. The van der Waals surface area contributed by atoms with Crippen LogP contribution in [0.3, 0.4) is 0 Å². The van der Waals surface area contributed by atoms with Gasteiger partial charge in [0.25, 0.3) is 5.91 Å². The van der Waals surface area contributed by atoms with Gasteiger partial charge in [0, 0.05) is 17.6 Å². The summed E-state index contributed by atoms with van der Waals surface area (Å²) in [6.45, 7) is 2.08. The van der Waals surface area contributed by atoms with Gasteiger partial charge in [-0.15, -0.1) is 12.4 Å². The van der Waals surface area contributed by atoms with Gasteiger partial charge in [-0.3, -0.25) is 9.80 Å². The molecule has 0 atom stereocenters. The van der Waals surface area contributed by atoms with E-state index in [-0.39, 0.29) is 53.3 Å². The van der Waals surface area contributed by atoms with Gasteiger partial charge >= 0.3 is 29.6 Å². The van der Waals surface area contributed by atoms with Crippen LogP contribution in [0.4, 0.5) is 0 Å². The predicted molar refractivity (Wildman–Crippen MR) is 96.9 cm³/mol. The molecule has 7 heteroatoms. The number of amides is 1. The number of carbonyl (C=O) groups excluding carboxylic acids is 1. The number of benzene rings is 2. The molecule has 0 bridgehead atoms. The minimum absolute atomic E-state index is 0. The number of rotatable bonds is 1. The molecular formula is C15H21Cl2N2NaO2.